The van der Waals surface area contributed by atoms with Crippen molar-refractivity contribution in [2.75, 3.05) is 19.7 Å². The number of hydrogen-bond acceptors (Lipinski definition) is 3. The number of aliphatic imine (C=N–C) groups is 1. The lowest BCUT2D eigenvalue weighted by molar-refractivity contribution is 0.254. The highest BCUT2D eigenvalue weighted by Gasteiger charge is 2.21. The summed E-state index contributed by atoms with van der Waals surface area (Å²) >= 11 is 5.83. The van der Waals surface area contributed by atoms with Crippen LogP contribution in [0.4, 0.5) is 0 Å². The molecule has 0 saturated heterocycles. The molecule has 3 nitrogen and oxygen atoms in total. The van der Waals surface area contributed by atoms with Crippen LogP contribution < -0.4 is 0 Å². The summed E-state index contributed by atoms with van der Waals surface area (Å²) in [7, 11) is 0. The Balaban J connectivity index is 2.52. The van der Waals surface area contributed by atoms with Crippen molar-refractivity contribution < 1.29 is 5.11 Å². The Kier molecular flexibility index (Phi) is 3.56. The summed E-state index contributed by atoms with van der Waals surface area (Å²) in [5.74, 6) is 0.930. The van der Waals surface area contributed by atoms with Crippen molar-refractivity contribution >= 4 is 17.4 Å². The van der Waals surface area contributed by atoms with Crippen molar-refractivity contribution in [3.8, 4) is 0 Å². The Hall–Kier alpha value is -0.540. The van der Waals surface area contributed by atoms with E-state index in [4.69, 9.17) is 16.7 Å². The van der Waals surface area contributed by atoms with Crippen molar-refractivity contribution in [1.82, 2.24) is 4.90 Å². The zero-order valence-corrected chi connectivity index (χ0v) is 7.67. The molecule has 0 bridgehead atoms. The van der Waals surface area contributed by atoms with E-state index in [-0.39, 0.29) is 12.1 Å². The van der Waals surface area contributed by atoms with Crippen LogP contribution in [0, 0.1) is 0 Å². The molecule has 1 aliphatic rings. The van der Waals surface area contributed by atoms with Gasteiger partial charge in [0.25, 0.3) is 0 Å². The van der Waals surface area contributed by atoms with E-state index in [9.17, 15) is 0 Å². The van der Waals surface area contributed by atoms with Crippen LogP contribution in [0.1, 0.15) is 6.42 Å². The first-order valence-corrected chi connectivity index (χ1v) is 4.39. The van der Waals surface area contributed by atoms with Gasteiger partial charge in [-0.1, -0.05) is 17.7 Å². The molecular formula is C8H13ClN2O. The predicted octanol–water partition coefficient (Wildman–Crippen LogP) is 0.834. The van der Waals surface area contributed by atoms with Crippen molar-refractivity contribution in [3.63, 3.8) is 0 Å². The number of aliphatic hydroxyl groups excluding tert-OH is 1. The molecule has 4 heteroatoms. The average Bonchev–Trinajstić information content (AvgIpc) is 2.33. The molecule has 0 spiro atoms. The number of aliphatic hydroxyl groups is 1. The van der Waals surface area contributed by atoms with Crippen molar-refractivity contribution in [2.24, 2.45) is 4.99 Å². The molecule has 0 aromatic carbocycles. The second kappa shape index (κ2) is 4.48. The molecule has 68 valence electrons. The number of amidine groups is 1. The topological polar surface area (TPSA) is 35.8 Å². The maximum Gasteiger partial charge on any atom is 0.143 e. The number of alkyl halides is 1. The summed E-state index contributed by atoms with van der Waals surface area (Å²) in [6, 6.07) is 0. The van der Waals surface area contributed by atoms with Crippen LogP contribution in [0.3, 0.4) is 0 Å². The lowest BCUT2D eigenvalue weighted by atomic mass is 10.3. The van der Waals surface area contributed by atoms with Crippen LogP contribution in [-0.2, 0) is 0 Å². The lowest BCUT2D eigenvalue weighted by Crippen LogP contribution is -2.30. The second-order valence-corrected chi connectivity index (χ2v) is 3.15. The van der Waals surface area contributed by atoms with Crippen molar-refractivity contribution in [3.05, 3.63) is 12.7 Å². The van der Waals surface area contributed by atoms with Crippen molar-refractivity contribution in [1.29, 1.82) is 0 Å². The van der Waals surface area contributed by atoms with Gasteiger partial charge in [-0.05, 0) is 0 Å². The molecule has 0 aromatic rings. The van der Waals surface area contributed by atoms with Gasteiger partial charge < -0.3 is 10.0 Å². The summed E-state index contributed by atoms with van der Waals surface area (Å²) in [5, 5.41) is 8.73. The molecule has 0 radical (unpaired) electrons. The van der Waals surface area contributed by atoms with Gasteiger partial charge in [-0.2, -0.15) is 0 Å². The quantitative estimate of drug-likeness (QED) is 0.403. The average molecular weight is 189 g/mol. The molecule has 1 rings (SSSR count). The minimum absolute atomic E-state index is 0.139. The van der Waals surface area contributed by atoms with E-state index in [1.54, 1.807) is 6.08 Å². The molecule has 0 saturated carbocycles. The third kappa shape index (κ3) is 2.22. The smallest absolute Gasteiger partial charge is 0.143 e. The summed E-state index contributed by atoms with van der Waals surface area (Å²) in [6.07, 6.45) is 2.52. The van der Waals surface area contributed by atoms with E-state index >= 15 is 0 Å². The lowest BCUT2D eigenvalue weighted by Gasteiger charge is -2.17. The van der Waals surface area contributed by atoms with Gasteiger partial charge in [0.1, 0.15) is 11.3 Å². The van der Waals surface area contributed by atoms with E-state index in [1.165, 1.54) is 0 Å². The molecule has 0 aromatic heterocycles. The minimum Gasteiger partial charge on any atom is -0.395 e. The van der Waals surface area contributed by atoms with Gasteiger partial charge in [0, 0.05) is 13.0 Å². The molecule has 0 amide bonds. The molecule has 1 aliphatic heterocycles. The number of rotatable bonds is 4. The predicted molar refractivity (Wildman–Crippen MR) is 50.5 cm³/mol. The Morgan fingerprint density at radius 3 is 3.17 bits per heavy atom. The number of halogens is 1. The van der Waals surface area contributed by atoms with E-state index in [2.05, 4.69) is 11.6 Å². The minimum atomic E-state index is -0.161. The normalized spacial score (nSPS) is 22.7. The molecule has 1 heterocycles. The highest BCUT2D eigenvalue weighted by Crippen LogP contribution is 2.13. The Bertz CT molecular complexity index is 193. The number of β-amino-alcohol motifs (C(OH)–C–C–N with tert-alkyl or cyclic N) is 1. The second-order valence-electron chi connectivity index (χ2n) is 2.64. The largest absolute Gasteiger partial charge is 0.395 e. The molecule has 12 heavy (non-hydrogen) atoms. The van der Waals surface area contributed by atoms with E-state index in [0.29, 0.717) is 13.1 Å². The SMILES string of the molecule is C=CCC1=NC(Cl)CN1CCO. The molecular weight excluding hydrogens is 176 g/mol. The van der Waals surface area contributed by atoms with Gasteiger partial charge in [-0.25, -0.2) is 0 Å². The van der Waals surface area contributed by atoms with Crippen LogP contribution in [0.2, 0.25) is 0 Å². The third-order valence-electron chi connectivity index (χ3n) is 1.72. The molecule has 1 N–H and O–H groups in total. The van der Waals surface area contributed by atoms with E-state index in [1.807, 2.05) is 4.90 Å². The fraction of sp³-hybridized carbons (Fsp3) is 0.625. The Labute approximate surface area is 77.4 Å². The van der Waals surface area contributed by atoms with Gasteiger partial charge in [0.15, 0.2) is 0 Å². The van der Waals surface area contributed by atoms with E-state index < -0.39 is 0 Å². The molecule has 1 unspecified atom stereocenters. The summed E-state index contributed by atoms with van der Waals surface area (Å²) < 4.78 is 0. The first kappa shape index (κ1) is 9.55. The number of nitrogens with zero attached hydrogens (tertiary/aromatic N) is 2. The first-order valence-electron chi connectivity index (χ1n) is 3.95. The monoisotopic (exact) mass is 188 g/mol. The van der Waals surface area contributed by atoms with Crippen molar-refractivity contribution in [2.45, 2.75) is 11.9 Å². The summed E-state index contributed by atoms with van der Waals surface area (Å²) in [5.41, 5.74) is -0.161. The molecule has 1 atom stereocenters. The highest BCUT2D eigenvalue weighted by molar-refractivity contribution is 6.22. The maximum absolute atomic E-state index is 8.73. The van der Waals surface area contributed by atoms with Gasteiger partial charge in [0.05, 0.1) is 13.2 Å². The van der Waals surface area contributed by atoms with Gasteiger partial charge >= 0.3 is 0 Å². The van der Waals surface area contributed by atoms with E-state index in [0.717, 1.165) is 12.3 Å². The Morgan fingerprint density at radius 2 is 2.58 bits per heavy atom. The zero-order valence-electron chi connectivity index (χ0n) is 6.91. The van der Waals surface area contributed by atoms with Gasteiger partial charge in [0.2, 0.25) is 0 Å². The first-order chi connectivity index (χ1) is 5.77. The van der Waals surface area contributed by atoms with Gasteiger partial charge in [-0.15, -0.1) is 6.58 Å². The summed E-state index contributed by atoms with van der Waals surface area (Å²) in [4.78, 5) is 6.19. The standard InChI is InChI=1S/C8H13ClN2O/c1-2-3-8-10-7(9)6-11(8)4-5-12/h2,7,12H,1,3-6H2. The summed E-state index contributed by atoms with van der Waals surface area (Å²) in [6.45, 7) is 5.08. The molecule has 0 fully saturated rings. The Morgan fingerprint density at radius 1 is 1.83 bits per heavy atom. The fourth-order valence-corrected chi connectivity index (χ4v) is 1.50. The third-order valence-corrected chi connectivity index (χ3v) is 1.96. The highest BCUT2D eigenvalue weighted by atomic mass is 35.5. The van der Waals surface area contributed by atoms with Crippen LogP contribution in [-0.4, -0.2) is 41.0 Å². The maximum atomic E-state index is 8.73. The van der Waals surface area contributed by atoms with Crippen LogP contribution in [0.5, 0.6) is 0 Å². The number of hydrogen-bond donors (Lipinski definition) is 1. The van der Waals surface area contributed by atoms with Crippen LogP contribution in [0.15, 0.2) is 17.6 Å². The van der Waals surface area contributed by atoms with Crippen LogP contribution in [0.25, 0.3) is 0 Å². The zero-order chi connectivity index (χ0) is 8.97. The fourth-order valence-electron chi connectivity index (χ4n) is 1.22. The molecule has 0 aliphatic carbocycles. The van der Waals surface area contributed by atoms with Crippen LogP contribution >= 0.6 is 11.6 Å². The van der Waals surface area contributed by atoms with Gasteiger partial charge in [-0.3, -0.25) is 4.99 Å².